The van der Waals surface area contributed by atoms with Crippen molar-refractivity contribution in [3.05, 3.63) is 12.2 Å². The molecule has 0 bridgehead atoms. The molecule has 0 amide bonds. The van der Waals surface area contributed by atoms with Crippen molar-refractivity contribution in [3.63, 3.8) is 0 Å². The van der Waals surface area contributed by atoms with E-state index in [1.807, 2.05) is 0 Å². The van der Waals surface area contributed by atoms with Gasteiger partial charge in [0.1, 0.15) is 12.2 Å². The summed E-state index contributed by atoms with van der Waals surface area (Å²) in [6, 6.07) is 0.436. The fourth-order valence-electron chi connectivity index (χ4n) is 1.61. The maximum Gasteiger partial charge on any atom is 0.147 e. The summed E-state index contributed by atoms with van der Waals surface area (Å²) in [6.45, 7) is 5.74. The van der Waals surface area contributed by atoms with Crippen LogP contribution in [-0.2, 0) is 13.1 Å². The number of fused-ring (bicyclic) bond motifs is 1. The third-order valence-corrected chi connectivity index (χ3v) is 2.63. The second-order valence-electron chi connectivity index (χ2n) is 3.50. The Hall–Kier alpha value is -0.940. The van der Waals surface area contributed by atoms with Crippen molar-refractivity contribution in [1.82, 2.24) is 19.7 Å². The maximum atomic E-state index is 5.61. The van der Waals surface area contributed by atoms with Gasteiger partial charge in [-0.15, -0.1) is 10.2 Å². The van der Waals surface area contributed by atoms with E-state index < -0.39 is 0 Å². The molecule has 13 heavy (non-hydrogen) atoms. The third-order valence-electron chi connectivity index (χ3n) is 2.63. The van der Waals surface area contributed by atoms with Crippen LogP contribution in [0.3, 0.4) is 0 Å². The summed E-state index contributed by atoms with van der Waals surface area (Å²) in [4.78, 5) is 2.34. The Morgan fingerprint density at radius 3 is 3.23 bits per heavy atom. The molecule has 0 saturated heterocycles. The number of aromatic nitrogens is 3. The van der Waals surface area contributed by atoms with Crippen molar-refractivity contribution >= 4 is 0 Å². The monoisotopic (exact) mass is 181 g/mol. The van der Waals surface area contributed by atoms with E-state index in [-0.39, 0.29) is 0 Å². The Labute approximate surface area is 77.5 Å². The summed E-state index contributed by atoms with van der Waals surface area (Å²) >= 11 is 0. The Morgan fingerprint density at radius 1 is 1.62 bits per heavy atom. The lowest BCUT2D eigenvalue weighted by Gasteiger charge is -2.31. The van der Waals surface area contributed by atoms with Gasteiger partial charge in [-0.3, -0.25) is 4.90 Å². The van der Waals surface area contributed by atoms with E-state index >= 15 is 0 Å². The van der Waals surface area contributed by atoms with E-state index in [9.17, 15) is 0 Å². The van der Waals surface area contributed by atoms with Crippen molar-refractivity contribution in [3.8, 4) is 0 Å². The maximum absolute atomic E-state index is 5.61. The van der Waals surface area contributed by atoms with Crippen LogP contribution in [0.15, 0.2) is 6.33 Å². The Bertz CT molecular complexity index is 282. The van der Waals surface area contributed by atoms with E-state index in [1.54, 1.807) is 6.33 Å². The molecule has 2 rings (SSSR count). The fraction of sp³-hybridized carbons (Fsp3) is 0.750. The number of hydrogen-bond donors (Lipinski definition) is 1. The van der Waals surface area contributed by atoms with Gasteiger partial charge in [-0.1, -0.05) is 0 Å². The van der Waals surface area contributed by atoms with Crippen LogP contribution in [-0.4, -0.2) is 38.8 Å². The molecule has 1 aliphatic rings. The van der Waals surface area contributed by atoms with E-state index in [4.69, 9.17) is 5.73 Å². The number of nitrogens with two attached hydrogens (primary N) is 1. The molecular formula is C8H15N5. The topological polar surface area (TPSA) is 60.0 Å². The smallest absolute Gasteiger partial charge is 0.147 e. The standard InChI is InChI=1S/C8H15N5/c1-7(4-9)12-2-3-13-6-10-11-8(13)5-12/h6-7H,2-5,9H2,1H3. The zero-order chi connectivity index (χ0) is 9.26. The first-order chi connectivity index (χ1) is 6.31. The Kier molecular flexibility index (Phi) is 2.28. The van der Waals surface area contributed by atoms with Crippen LogP contribution in [0.5, 0.6) is 0 Å². The van der Waals surface area contributed by atoms with Gasteiger partial charge in [0.2, 0.25) is 0 Å². The summed E-state index contributed by atoms with van der Waals surface area (Å²) in [5, 5.41) is 7.93. The molecule has 2 heterocycles. The van der Waals surface area contributed by atoms with Gasteiger partial charge in [0.25, 0.3) is 0 Å². The van der Waals surface area contributed by atoms with Crippen molar-refractivity contribution in [2.24, 2.45) is 5.73 Å². The van der Waals surface area contributed by atoms with Gasteiger partial charge in [0.05, 0.1) is 6.54 Å². The predicted octanol–water partition coefficient (Wildman–Crippen LogP) is -0.559. The molecule has 0 spiro atoms. The average molecular weight is 181 g/mol. The highest BCUT2D eigenvalue weighted by Crippen LogP contribution is 2.11. The van der Waals surface area contributed by atoms with E-state index in [0.29, 0.717) is 12.6 Å². The normalized spacial score (nSPS) is 19.8. The molecule has 0 aliphatic carbocycles. The summed E-state index contributed by atoms with van der Waals surface area (Å²) in [7, 11) is 0. The average Bonchev–Trinajstić information content (AvgIpc) is 2.63. The van der Waals surface area contributed by atoms with Gasteiger partial charge in [-0.25, -0.2) is 0 Å². The SMILES string of the molecule is CC(CN)N1CCn2cnnc2C1. The molecule has 0 fully saturated rings. The second kappa shape index (κ2) is 3.43. The van der Waals surface area contributed by atoms with Crippen molar-refractivity contribution in [1.29, 1.82) is 0 Å². The summed E-state index contributed by atoms with van der Waals surface area (Å²) in [6.07, 6.45) is 1.79. The minimum absolute atomic E-state index is 0.436. The molecule has 5 heteroatoms. The first-order valence-corrected chi connectivity index (χ1v) is 4.62. The fourth-order valence-corrected chi connectivity index (χ4v) is 1.61. The molecule has 0 aromatic carbocycles. The zero-order valence-corrected chi connectivity index (χ0v) is 7.85. The molecular weight excluding hydrogens is 166 g/mol. The van der Waals surface area contributed by atoms with Gasteiger partial charge in [-0.2, -0.15) is 0 Å². The third kappa shape index (κ3) is 1.57. The highest BCUT2D eigenvalue weighted by atomic mass is 15.3. The molecule has 1 atom stereocenters. The lowest BCUT2D eigenvalue weighted by molar-refractivity contribution is 0.166. The lowest BCUT2D eigenvalue weighted by atomic mass is 10.2. The Balaban J connectivity index is 2.08. The van der Waals surface area contributed by atoms with E-state index in [0.717, 1.165) is 25.5 Å². The van der Waals surface area contributed by atoms with Gasteiger partial charge < -0.3 is 10.3 Å². The summed E-state index contributed by atoms with van der Waals surface area (Å²) in [5.41, 5.74) is 5.61. The molecule has 5 nitrogen and oxygen atoms in total. The molecule has 1 aromatic heterocycles. The van der Waals surface area contributed by atoms with Crippen LogP contribution < -0.4 is 5.73 Å². The highest BCUT2D eigenvalue weighted by molar-refractivity contribution is 4.91. The second-order valence-corrected chi connectivity index (χ2v) is 3.50. The van der Waals surface area contributed by atoms with E-state index in [2.05, 4.69) is 26.6 Å². The van der Waals surface area contributed by atoms with Crippen molar-refractivity contribution < 1.29 is 0 Å². The minimum atomic E-state index is 0.436. The first kappa shape index (κ1) is 8.65. The quantitative estimate of drug-likeness (QED) is 0.664. The van der Waals surface area contributed by atoms with Gasteiger partial charge >= 0.3 is 0 Å². The molecule has 0 radical (unpaired) electrons. The van der Waals surface area contributed by atoms with Crippen LogP contribution in [0.25, 0.3) is 0 Å². The van der Waals surface area contributed by atoms with Crippen LogP contribution >= 0.6 is 0 Å². The highest BCUT2D eigenvalue weighted by Gasteiger charge is 2.20. The first-order valence-electron chi connectivity index (χ1n) is 4.62. The zero-order valence-electron chi connectivity index (χ0n) is 7.85. The molecule has 1 aromatic rings. The van der Waals surface area contributed by atoms with Crippen molar-refractivity contribution in [2.45, 2.75) is 26.1 Å². The Morgan fingerprint density at radius 2 is 2.46 bits per heavy atom. The summed E-state index contributed by atoms with van der Waals surface area (Å²) in [5.74, 6) is 1.05. The number of nitrogens with zero attached hydrogens (tertiary/aromatic N) is 4. The molecule has 0 saturated carbocycles. The van der Waals surface area contributed by atoms with Gasteiger partial charge in [0, 0.05) is 25.7 Å². The number of rotatable bonds is 2. The molecule has 72 valence electrons. The molecule has 2 N–H and O–H groups in total. The van der Waals surface area contributed by atoms with Crippen LogP contribution in [0, 0.1) is 0 Å². The molecule has 1 unspecified atom stereocenters. The van der Waals surface area contributed by atoms with Crippen LogP contribution in [0.2, 0.25) is 0 Å². The lowest BCUT2D eigenvalue weighted by Crippen LogP contribution is -2.43. The number of hydrogen-bond acceptors (Lipinski definition) is 4. The van der Waals surface area contributed by atoms with Gasteiger partial charge in [-0.05, 0) is 6.92 Å². The minimum Gasteiger partial charge on any atom is -0.329 e. The van der Waals surface area contributed by atoms with Crippen LogP contribution in [0.4, 0.5) is 0 Å². The van der Waals surface area contributed by atoms with E-state index in [1.165, 1.54) is 0 Å². The van der Waals surface area contributed by atoms with Crippen LogP contribution in [0.1, 0.15) is 12.7 Å². The summed E-state index contributed by atoms with van der Waals surface area (Å²) < 4.78 is 2.10. The van der Waals surface area contributed by atoms with Crippen molar-refractivity contribution in [2.75, 3.05) is 13.1 Å². The predicted molar refractivity (Wildman–Crippen MR) is 48.9 cm³/mol. The largest absolute Gasteiger partial charge is 0.329 e. The van der Waals surface area contributed by atoms with Gasteiger partial charge in [0.15, 0.2) is 0 Å². The molecule has 1 aliphatic heterocycles.